The van der Waals surface area contributed by atoms with Crippen LogP contribution in [0.4, 0.5) is 11.4 Å². The molecule has 2 amide bonds. The van der Waals surface area contributed by atoms with Gasteiger partial charge in [0.15, 0.2) is 11.3 Å². The van der Waals surface area contributed by atoms with E-state index in [0.717, 1.165) is 41.5 Å². The summed E-state index contributed by atoms with van der Waals surface area (Å²) in [5.74, 6) is -0.528. The molecule has 1 saturated heterocycles. The predicted molar refractivity (Wildman–Crippen MR) is 146 cm³/mol. The van der Waals surface area contributed by atoms with Gasteiger partial charge in [-0.2, -0.15) is 5.10 Å². The van der Waals surface area contributed by atoms with Crippen molar-refractivity contribution in [1.82, 2.24) is 39.5 Å². The number of carbonyl (C=O) groups excluding carboxylic acids is 2. The van der Waals surface area contributed by atoms with E-state index in [9.17, 15) is 9.59 Å². The maximum absolute atomic E-state index is 13.2. The predicted octanol–water partition coefficient (Wildman–Crippen LogP) is 3.06. The summed E-state index contributed by atoms with van der Waals surface area (Å²) in [5, 5.41) is 19.2. The van der Waals surface area contributed by atoms with Crippen LogP contribution in [0.15, 0.2) is 49.1 Å². The van der Waals surface area contributed by atoms with Gasteiger partial charge in [-0.25, -0.2) is 9.50 Å². The van der Waals surface area contributed by atoms with Gasteiger partial charge >= 0.3 is 0 Å². The highest BCUT2D eigenvalue weighted by Gasteiger charge is 2.23. The molecule has 0 spiro atoms. The Hall–Kier alpha value is -4.71. The van der Waals surface area contributed by atoms with Gasteiger partial charge in [-0.1, -0.05) is 11.3 Å². The first kappa shape index (κ1) is 24.6. The van der Waals surface area contributed by atoms with Crippen molar-refractivity contribution in [3.63, 3.8) is 0 Å². The molecule has 0 aliphatic carbocycles. The van der Waals surface area contributed by atoms with Crippen LogP contribution in [0.3, 0.4) is 0 Å². The van der Waals surface area contributed by atoms with Crippen LogP contribution in [0.2, 0.25) is 0 Å². The minimum absolute atomic E-state index is 0.107. The first-order chi connectivity index (χ1) is 18.9. The summed E-state index contributed by atoms with van der Waals surface area (Å²) in [6, 6.07) is 7.82. The molecule has 1 aliphatic rings. The molecule has 2 N–H and O–H groups in total. The van der Waals surface area contributed by atoms with E-state index >= 15 is 0 Å². The highest BCUT2D eigenvalue weighted by atomic mass is 16.2. The topological polar surface area (TPSA) is 135 Å². The van der Waals surface area contributed by atoms with Gasteiger partial charge in [0.25, 0.3) is 5.91 Å². The Kier molecular flexibility index (Phi) is 6.23. The van der Waals surface area contributed by atoms with Crippen molar-refractivity contribution in [2.45, 2.75) is 32.7 Å². The number of fused-ring (bicyclic) bond motifs is 2. The highest BCUT2D eigenvalue weighted by molar-refractivity contribution is 6.08. The maximum atomic E-state index is 13.2. The molecule has 198 valence electrons. The lowest BCUT2D eigenvalue weighted by molar-refractivity contribution is -0.117. The SMILES string of the molecule is Cc1ncc(NC(=O)CN2CCC[C@@H]2C)cc1NC(=O)c1nnn2cc(-c3cnc4c(cnn4C)c3)ccc12. The van der Waals surface area contributed by atoms with Gasteiger partial charge in [0.1, 0.15) is 0 Å². The van der Waals surface area contributed by atoms with E-state index in [0.29, 0.717) is 35.2 Å². The lowest BCUT2D eigenvalue weighted by Crippen LogP contribution is -2.35. The Morgan fingerprint density at radius 3 is 2.77 bits per heavy atom. The number of nitrogens with zero attached hydrogens (tertiary/aromatic N) is 8. The zero-order valence-corrected chi connectivity index (χ0v) is 21.9. The fourth-order valence-electron chi connectivity index (χ4n) is 4.95. The Morgan fingerprint density at radius 2 is 1.95 bits per heavy atom. The van der Waals surface area contributed by atoms with Crippen LogP contribution in [0.5, 0.6) is 0 Å². The minimum atomic E-state index is -0.421. The van der Waals surface area contributed by atoms with E-state index in [-0.39, 0.29) is 11.6 Å². The lowest BCUT2D eigenvalue weighted by atomic mass is 10.1. The number of amides is 2. The van der Waals surface area contributed by atoms with E-state index in [1.54, 1.807) is 46.8 Å². The number of nitrogens with one attached hydrogen (secondary N) is 2. The van der Waals surface area contributed by atoms with Crippen molar-refractivity contribution in [3.8, 4) is 11.1 Å². The second-order valence-corrected chi connectivity index (χ2v) is 9.91. The van der Waals surface area contributed by atoms with Gasteiger partial charge in [-0.15, -0.1) is 5.10 Å². The van der Waals surface area contributed by atoms with E-state index in [4.69, 9.17) is 0 Å². The molecule has 1 atom stereocenters. The van der Waals surface area contributed by atoms with Crippen molar-refractivity contribution in [3.05, 3.63) is 60.4 Å². The average Bonchev–Trinajstić information content (AvgIpc) is 3.64. The molecule has 12 heteroatoms. The van der Waals surface area contributed by atoms with Crippen LogP contribution >= 0.6 is 0 Å². The standard InChI is InChI=1S/C27H28N10O2/c1-16-5-4-8-36(16)15-24(38)31-21-10-22(17(2)28-13-21)32-27(39)25-23-7-6-18(14-37(23)34-33-25)19-9-20-12-30-35(3)26(20)29-11-19/h6-7,9-14,16H,4-5,8,15H2,1-3H3,(H,31,38)(H,32,39)/t16-/m0/s1. The zero-order valence-electron chi connectivity index (χ0n) is 21.9. The lowest BCUT2D eigenvalue weighted by Gasteiger charge is -2.20. The molecule has 5 aromatic rings. The number of aromatic nitrogens is 7. The Morgan fingerprint density at radius 1 is 1.08 bits per heavy atom. The van der Waals surface area contributed by atoms with Crippen LogP contribution in [-0.4, -0.2) is 70.4 Å². The summed E-state index contributed by atoms with van der Waals surface area (Å²) in [7, 11) is 1.85. The summed E-state index contributed by atoms with van der Waals surface area (Å²) >= 11 is 0. The van der Waals surface area contributed by atoms with Crippen LogP contribution in [0.25, 0.3) is 27.7 Å². The molecule has 0 unspecified atom stereocenters. The van der Waals surface area contributed by atoms with Gasteiger partial charge in [0.2, 0.25) is 5.91 Å². The third-order valence-electron chi connectivity index (χ3n) is 7.19. The molecule has 12 nitrogen and oxygen atoms in total. The molecular weight excluding hydrogens is 496 g/mol. The largest absolute Gasteiger partial charge is 0.324 e. The summed E-state index contributed by atoms with van der Waals surface area (Å²) in [5.41, 5.74) is 4.94. The van der Waals surface area contributed by atoms with E-state index < -0.39 is 5.91 Å². The normalized spacial score (nSPS) is 15.7. The summed E-state index contributed by atoms with van der Waals surface area (Å²) in [6.07, 6.45) is 9.16. The quantitative estimate of drug-likeness (QED) is 0.346. The summed E-state index contributed by atoms with van der Waals surface area (Å²) in [6.45, 7) is 5.18. The number of aryl methyl sites for hydroxylation is 2. The molecule has 6 rings (SSSR count). The minimum Gasteiger partial charge on any atom is -0.324 e. The molecular formula is C27H28N10O2. The Labute approximate surface area is 224 Å². The number of hydrogen-bond acceptors (Lipinski definition) is 8. The fraction of sp³-hybridized carbons (Fsp3) is 0.296. The van der Waals surface area contributed by atoms with E-state index in [2.05, 4.69) is 47.8 Å². The number of rotatable bonds is 6. The van der Waals surface area contributed by atoms with Gasteiger partial charge in [-0.3, -0.25) is 24.2 Å². The first-order valence-corrected chi connectivity index (χ1v) is 12.8. The molecule has 39 heavy (non-hydrogen) atoms. The molecule has 1 aliphatic heterocycles. The van der Waals surface area contributed by atoms with Crippen molar-refractivity contribution >= 4 is 39.7 Å². The average molecular weight is 525 g/mol. The maximum Gasteiger partial charge on any atom is 0.278 e. The van der Waals surface area contributed by atoms with Gasteiger partial charge in [0, 0.05) is 42.0 Å². The third-order valence-corrected chi connectivity index (χ3v) is 7.19. The molecule has 6 heterocycles. The number of hydrogen-bond donors (Lipinski definition) is 2. The van der Waals surface area contributed by atoms with E-state index in [1.807, 2.05) is 25.4 Å². The zero-order chi connectivity index (χ0) is 27.1. The fourth-order valence-corrected chi connectivity index (χ4v) is 4.95. The Bertz CT molecular complexity index is 1720. The monoisotopic (exact) mass is 524 g/mol. The van der Waals surface area contributed by atoms with Gasteiger partial charge in [-0.05, 0) is 51.4 Å². The number of pyridine rings is 3. The molecule has 0 bridgehead atoms. The van der Waals surface area contributed by atoms with Crippen LogP contribution in [0.1, 0.15) is 35.9 Å². The number of likely N-dealkylation sites (tertiary alicyclic amines) is 1. The highest BCUT2D eigenvalue weighted by Crippen LogP contribution is 2.24. The van der Waals surface area contributed by atoms with Crippen molar-refractivity contribution in [1.29, 1.82) is 0 Å². The third kappa shape index (κ3) is 4.81. The van der Waals surface area contributed by atoms with E-state index in [1.165, 1.54) is 0 Å². The van der Waals surface area contributed by atoms with Crippen LogP contribution in [-0.2, 0) is 11.8 Å². The van der Waals surface area contributed by atoms with Crippen molar-refractivity contribution in [2.24, 2.45) is 7.05 Å². The smallest absolute Gasteiger partial charge is 0.278 e. The van der Waals surface area contributed by atoms with Crippen molar-refractivity contribution < 1.29 is 9.59 Å². The second kappa shape index (κ2) is 9.87. The summed E-state index contributed by atoms with van der Waals surface area (Å²) < 4.78 is 3.29. The Balaban J connectivity index is 1.19. The molecule has 5 aromatic heterocycles. The molecule has 1 fully saturated rings. The number of anilines is 2. The molecule has 0 radical (unpaired) electrons. The first-order valence-electron chi connectivity index (χ1n) is 12.8. The van der Waals surface area contributed by atoms with Gasteiger partial charge < -0.3 is 10.6 Å². The van der Waals surface area contributed by atoms with Crippen LogP contribution in [0, 0.1) is 6.92 Å². The number of carbonyl (C=O) groups is 2. The second-order valence-electron chi connectivity index (χ2n) is 9.91. The molecule has 0 aromatic carbocycles. The summed E-state index contributed by atoms with van der Waals surface area (Å²) in [4.78, 5) is 36.7. The van der Waals surface area contributed by atoms with Crippen LogP contribution < -0.4 is 10.6 Å². The van der Waals surface area contributed by atoms with Crippen molar-refractivity contribution in [2.75, 3.05) is 23.7 Å². The van der Waals surface area contributed by atoms with Gasteiger partial charge in [0.05, 0.1) is 41.5 Å². The molecule has 0 saturated carbocycles.